The smallest absolute Gasteiger partial charge is 0.247 e. The largest absolute Gasteiger partial charge is 0.456 e. The van der Waals surface area contributed by atoms with Crippen LogP contribution in [0.3, 0.4) is 0 Å². The molecular formula is C60H37BN2O2S2. The summed E-state index contributed by atoms with van der Waals surface area (Å²) in [7, 11) is 0. The molecule has 2 aliphatic heterocycles. The maximum absolute atomic E-state index is 6.54. The van der Waals surface area contributed by atoms with Gasteiger partial charge < -0.3 is 18.6 Å². The second-order valence-electron chi connectivity index (χ2n) is 17.2. The maximum Gasteiger partial charge on any atom is 0.247 e. The van der Waals surface area contributed by atoms with Crippen molar-refractivity contribution >= 4 is 125 Å². The molecule has 0 saturated heterocycles. The molecule has 67 heavy (non-hydrogen) atoms. The molecule has 7 heteroatoms. The van der Waals surface area contributed by atoms with Gasteiger partial charge in [0, 0.05) is 75.3 Å². The molecular weight excluding hydrogens is 856 g/mol. The number of para-hydroxylation sites is 5. The van der Waals surface area contributed by atoms with Crippen LogP contribution >= 0.6 is 23.5 Å². The Kier molecular flexibility index (Phi) is 8.82. The van der Waals surface area contributed by atoms with Crippen molar-refractivity contribution in [2.24, 2.45) is 0 Å². The maximum atomic E-state index is 6.54. The van der Waals surface area contributed by atoms with Crippen molar-refractivity contribution in [3.63, 3.8) is 0 Å². The molecule has 4 nitrogen and oxygen atoms in total. The predicted molar refractivity (Wildman–Crippen MR) is 282 cm³/mol. The van der Waals surface area contributed by atoms with Gasteiger partial charge in [-0.25, -0.2) is 0 Å². The zero-order valence-corrected chi connectivity index (χ0v) is 37.6. The van der Waals surface area contributed by atoms with E-state index in [1.165, 1.54) is 41.5 Å². The van der Waals surface area contributed by atoms with Gasteiger partial charge in [-0.05, 0) is 132 Å². The van der Waals surface area contributed by atoms with Crippen LogP contribution in [0.15, 0.2) is 253 Å². The Labute approximate surface area is 396 Å². The minimum absolute atomic E-state index is 0.0569. The monoisotopic (exact) mass is 892 g/mol. The van der Waals surface area contributed by atoms with Gasteiger partial charge in [0.25, 0.3) is 0 Å². The third-order valence-corrected chi connectivity index (χ3v) is 15.6. The van der Waals surface area contributed by atoms with Gasteiger partial charge in [-0.2, -0.15) is 0 Å². The van der Waals surface area contributed by atoms with Crippen LogP contribution in [0.25, 0.3) is 55.0 Å². The van der Waals surface area contributed by atoms with E-state index in [1.807, 2.05) is 47.8 Å². The first kappa shape index (κ1) is 38.4. The molecule has 314 valence electrons. The van der Waals surface area contributed by atoms with E-state index in [9.17, 15) is 0 Å². The van der Waals surface area contributed by atoms with E-state index < -0.39 is 0 Å². The molecule has 0 saturated carbocycles. The molecule has 0 N–H and O–H groups in total. The summed E-state index contributed by atoms with van der Waals surface area (Å²) in [6, 6.07) is 80.8. The first-order valence-electron chi connectivity index (χ1n) is 22.6. The highest BCUT2D eigenvalue weighted by Crippen LogP contribution is 2.46. The number of benzene rings is 10. The molecule has 0 fully saturated rings. The number of rotatable bonds is 7. The third kappa shape index (κ3) is 6.26. The van der Waals surface area contributed by atoms with Gasteiger partial charge in [-0.3, -0.25) is 0 Å². The van der Waals surface area contributed by atoms with Crippen LogP contribution in [-0.2, 0) is 0 Å². The van der Waals surface area contributed by atoms with E-state index >= 15 is 0 Å². The third-order valence-electron chi connectivity index (χ3n) is 13.3. The van der Waals surface area contributed by atoms with Crippen molar-refractivity contribution in [1.29, 1.82) is 0 Å². The quantitative estimate of drug-likeness (QED) is 0.148. The van der Waals surface area contributed by atoms with Crippen LogP contribution in [-0.4, -0.2) is 6.71 Å². The fourth-order valence-electron chi connectivity index (χ4n) is 10.4. The summed E-state index contributed by atoms with van der Waals surface area (Å²) >= 11 is 3.78. The van der Waals surface area contributed by atoms with Gasteiger partial charge in [0.1, 0.15) is 22.3 Å². The molecule has 4 heterocycles. The Morgan fingerprint density at radius 1 is 0.313 bits per heavy atom. The van der Waals surface area contributed by atoms with Crippen molar-refractivity contribution in [3.05, 3.63) is 224 Å². The average Bonchev–Trinajstić information content (AvgIpc) is 3.95. The molecule has 0 spiro atoms. The highest BCUT2D eigenvalue weighted by Gasteiger charge is 2.39. The van der Waals surface area contributed by atoms with E-state index in [0.717, 1.165) is 83.6 Å². The molecule has 0 aliphatic carbocycles. The van der Waals surface area contributed by atoms with Crippen molar-refractivity contribution in [1.82, 2.24) is 0 Å². The molecule has 14 rings (SSSR count). The van der Waals surface area contributed by atoms with Crippen LogP contribution in [0.1, 0.15) is 0 Å². The number of nitrogens with zero attached hydrogens (tertiary/aromatic N) is 2. The minimum atomic E-state index is 0.0569. The number of furan rings is 2. The lowest BCUT2D eigenvalue weighted by Crippen LogP contribution is -2.58. The van der Waals surface area contributed by atoms with E-state index in [0.29, 0.717) is 0 Å². The van der Waals surface area contributed by atoms with Gasteiger partial charge in [0.2, 0.25) is 6.71 Å². The summed E-state index contributed by atoms with van der Waals surface area (Å²) in [5.74, 6) is 0. The van der Waals surface area contributed by atoms with Gasteiger partial charge >= 0.3 is 0 Å². The summed E-state index contributed by atoms with van der Waals surface area (Å²) in [6.07, 6.45) is 0. The molecule has 12 aromatic rings. The van der Waals surface area contributed by atoms with Gasteiger partial charge in [-0.1, -0.05) is 144 Å². The van der Waals surface area contributed by atoms with E-state index in [-0.39, 0.29) is 6.71 Å². The normalized spacial score (nSPS) is 12.6. The lowest BCUT2D eigenvalue weighted by molar-refractivity contribution is 0.663. The second-order valence-corrected chi connectivity index (χ2v) is 19.4. The van der Waals surface area contributed by atoms with E-state index in [4.69, 9.17) is 8.83 Å². The lowest BCUT2D eigenvalue weighted by atomic mass is 9.36. The first-order valence-corrected chi connectivity index (χ1v) is 24.2. The summed E-state index contributed by atoms with van der Waals surface area (Å²) in [4.78, 5) is 9.82. The predicted octanol–water partition coefficient (Wildman–Crippen LogP) is 15.5. The molecule has 0 amide bonds. The van der Waals surface area contributed by atoms with Crippen LogP contribution in [0, 0.1) is 0 Å². The van der Waals surface area contributed by atoms with Crippen LogP contribution < -0.4 is 26.2 Å². The topological polar surface area (TPSA) is 32.8 Å². The fraction of sp³-hybridized carbons (Fsp3) is 0. The summed E-state index contributed by atoms with van der Waals surface area (Å²) in [5.41, 5.74) is 16.6. The number of fused-ring (bicyclic) bond motifs is 11. The molecule has 10 aromatic carbocycles. The van der Waals surface area contributed by atoms with Crippen LogP contribution in [0.2, 0.25) is 0 Å². The summed E-state index contributed by atoms with van der Waals surface area (Å²) in [6.45, 7) is 0.0569. The Morgan fingerprint density at radius 2 is 0.746 bits per heavy atom. The highest BCUT2D eigenvalue weighted by atomic mass is 32.2. The van der Waals surface area contributed by atoms with Crippen LogP contribution in [0.5, 0.6) is 0 Å². The summed E-state index contributed by atoms with van der Waals surface area (Å²) < 4.78 is 12.9. The molecule has 0 unspecified atom stereocenters. The number of hydrogen-bond donors (Lipinski definition) is 0. The Bertz CT molecular complexity index is 3660. The van der Waals surface area contributed by atoms with Crippen molar-refractivity contribution in [2.75, 3.05) is 9.80 Å². The number of hydrogen-bond acceptors (Lipinski definition) is 6. The Balaban J connectivity index is 0.962. The zero-order valence-electron chi connectivity index (χ0n) is 36.0. The molecule has 0 bridgehead atoms. The van der Waals surface area contributed by atoms with Crippen LogP contribution in [0.4, 0.5) is 34.1 Å². The lowest BCUT2D eigenvalue weighted by Gasteiger charge is -2.35. The standard InChI is InChI=1S/C60H37BN2O2S2/c1-5-15-40(16-6-1)62(41-17-7-2-8-18-41)44-26-28-48-54(36-44)66-56-34-39(38-25-30-51-47(33-38)59-53(65-51)32-31-52-58(59)46-23-13-14-24-50(46)64-52)35-57-60(56)61(48)49-29-27-45(37-55(49)67-57)63(42-19-9-3-10-20-42)43-21-11-4-12-22-43/h1-37H. The molecule has 2 aliphatic rings. The van der Waals surface area contributed by atoms with Crippen molar-refractivity contribution in [3.8, 4) is 11.1 Å². The van der Waals surface area contributed by atoms with E-state index in [1.54, 1.807) is 0 Å². The highest BCUT2D eigenvalue weighted by molar-refractivity contribution is 8.01. The molecule has 2 aromatic heterocycles. The van der Waals surface area contributed by atoms with Crippen molar-refractivity contribution in [2.45, 2.75) is 19.6 Å². The Hall–Kier alpha value is -7.84. The second kappa shape index (κ2) is 15.4. The fourth-order valence-corrected chi connectivity index (χ4v) is 12.9. The first-order chi connectivity index (χ1) is 33.2. The average molecular weight is 893 g/mol. The summed E-state index contributed by atoms with van der Waals surface area (Å²) in [5, 5.41) is 4.37. The number of anilines is 6. The molecule has 0 atom stereocenters. The van der Waals surface area contributed by atoms with Gasteiger partial charge in [0.05, 0.1) is 0 Å². The van der Waals surface area contributed by atoms with Crippen molar-refractivity contribution < 1.29 is 8.83 Å². The Morgan fingerprint density at radius 3 is 1.25 bits per heavy atom. The molecule has 0 radical (unpaired) electrons. The minimum Gasteiger partial charge on any atom is -0.456 e. The van der Waals surface area contributed by atoms with E-state index in [2.05, 4.69) is 210 Å². The van der Waals surface area contributed by atoms with Gasteiger partial charge in [-0.15, -0.1) is 0 Å². The SMILES string of the molecule is c1ccc(N(c2ccccc2)c2ccc3c(c2)Sc2cc(-c4ccc5oc6ccc7oc8ccccc8c7c6c5c4)cc4c2B3c2ccc(N(c3ccccc3)c3ccccc3)cc2S4)cc1. The van der Waals surface area contributed by atoms with Gasteiger partial charge in [0.15, 0.2) is 0 Å². The zero-order chi connectivity index (χ0) is 44.0.